The lowest BCUT2D eigenvalue weighted by atomic mass is 10.2. The van der Waals surface area contributed by atoms with Gasteiger partial charge in [-0.1, -0.05) is 22.6 Å². The fourth-order valence-corrected chi connectivity index (χ4v) is 2.47. The van der Waals surface area contributed by atoms with Gasteiger partial charge in [-0.2, -0.15) is 0 Å². The molecule has 0 aromatic carbocycles. The Morgan fingerprint density at radius 1 is 1.57 bits per heavy atom. The molecule has 14 heavy (non-hydrogen) atoms. The summed E-state index contributed by atoms with van der Waals surface area (Å²) in [6.45, 7) is 6.56. The largest absolute Gasteiger partial charge is 0.444 e. The minimum absolute atomic E-state index is 0.156. The number of amides is 1. The van der Waals surface area contributed by atoms with Crippen LogP contribution in [0.25, 0.3) is 0 Å². The zero-order chi connectivity index (χ0) is 10.8. The van der Waals surface area contributed by atoms with Crippen molar-refractivity contribution in [2.45, 2.75) is 45.3 Å². The minimum atomic E-state index is -0.379. The SMILES string of the molecule is CC(C)(C)OC(=O)N1CCCC1CI. The average molecular weight is 311 g/mol. The number of ether oxygens (including phenoxy) is 1. The van der Waals surface area contributed by atoms with Crippen LogP contribution in [0.5, 0.6) is 0 Å². The molecule has 1 aliphatic heterocycles. The van der Waals surface area contributed by atoms with Crippen molar-refractivity contribution in [2.75, 3.05) is 11.0 Å². The molecule has 0 saturated carbocycles. The van der Waals surface area contributed by atoms with Crippen molar-refractivity contribution in [3.05, 3.63) is 0 Å². The maximum atomic E-state index is 11.7. The van der Waals surface area contributed by atoms with Gasteiger partial charge in [0.15, 0.2) is 0 Å². The van der Waals surface area contributed by atoms with Gasteiger partial charge in [-0.3, -0.25) is 0 Å². The number of hydrogen-bond acceptors (Lipinski definition) is 2. The molecule has 82 valence electrons. The van der Waals surface area contributed by atoms with Gasteiger partial charge in [-0.25, -0.2) is 4.79 Å². The van der Waals surface area contributed by atoms with E-state index in [9.17, 15) is 4.79 Å². The molecule has 1 saturated heterocycles. The van der Waals surface area contributed by atoms with Crippen LogP contribution in [0, 0.1) is 0 Å². The van der Waals surface area contributed by atoms with Crippen LogP contribution in [0.15, 0.2) is 0 Å². The molecule has 1 rings (SSSR count). The number of likely N-dealkylation sites (tertiary alicyclic amines) is 1. The van der Waals surface area contributed by atoms with E-state index in [1.54, 1.807) is 0 Å². The van der Waals surface area contributed by atoms with E-state index in [-0.39, 0.29) is 11.7 Å². The first kappa shape index (κ1) is 12.1. The van der Waals surface area contributed by atoms with Crippen LogP contribution < -0.4 is 0 Å². The summed E-state index contributed by atoms with van der Waals surface area (Å²) in [5.41, 5.74) is -0.379. The van der Waals surface area contributed by atoms with E-state index in [0.29, 0.717) is 6.04 Å². The highest BCUT2D eigenvalue weighted by Gasteiger charge is 2.31. The second-order valence-corrected chi connectivity index (χ2v) is 5.50. The highest BCUT2D eigenvalue weighted by Crippen LogP contribution is 2.21. The average Bonchev–Trinajstić information content (AvgIpc) is 2.47. The Labute approximate surface area is 99.3 Å². The normalized spacial score (nSPS) is 22.6. The van der Waals surface area contributed by atoms with E-state index in [2.05, 4.69) is 22.6 Å². The van der Waals surface area contributed by atoms with E-state index in [1.165, 1.54) is 0 Å². The summed E-state index contributed by atoms with van der Waals surface area (Å²) < 4.78 is 6.33. The molecule has 1 unspecified atom stereocenters. The zero-order valence-corrected chi connectivity index (χ0v) is 11.2. The number of carbonyl (C=O) groups excluding carboxylic acids is 1. The smallest absolute Gasteiger partial charge is 0.410 e. The predicted octanol–water partition coefficient (Wildman–Crippen LogP) is 2.82. The van der Waals surface area contributed by atoms with Crippen molar-refractivity contribution >= 4 is 28.7 Å². The summed E-state index contributed by atoms with van der Waals surface area (Å²) in [6, 6.07) is 0.380. The second-order valence-electron chi connectivity index (χ2n) is 4.62. The molecule has 4 heteroatoms. The van der Waals surface area contributed by atoms with Gasteiger partial charge < -0.3 is 9.64 Å². The van der Waals surface area contributed by atoms with Gasteiger partial charge in [0.1, 0.15) is 5.60 Å². The lowest BCUT2D eigenvalue weighted by Crippen LogP contribution is -2.40. The molecule has 1 atom stereocenters. The van der Waals surface area contributed by atoms with Crippen molar-refractivity contribution in [1.29, 1.82) is 0 Å². The van der Waals surface area contributed by atoms with Crippen LogP contribution in [-0.2, 0) is 4.74 Å². The first-order chi connectivity index (χ1) is 6.44. The number of carbonyl (C=O) groups is 1. The van der Waals surface area contributed by atoms with Crippen molar-refractivity contribution in [3.8, 4) is 0 Å². The molecule has 1 amide bonds. The van der Waals surface area contributed by atoms with Gasteiger partial charge in [0.05, 0.1) is 0 Å². The van der Waals surface area contributed by atoms with Gasteiger partial charge in [0.2, 0.25) is 0 Å². The third-order valence-corrected chi connectivity index (χ3v) is 3.20. The summed E-state index contributed by atoms with van der Waals surface area (Å²) in [5, 5.41) is 0. The monoisotopic (exact) mass is 311 g/mol. The van der Waals surface area contributed by atoms with Crippen LogP contribution in [-0.4, -0.2) is 33.6 Å². The Kier molecular flexibility index (Phi) is 4.04. The van der Waals surface area contributed by atoms with E-state index >= 15 is 0 Å². The fourth-order valence-electron chi connectivity index (χ4n) is 1.56. The van der Waals surface area contributed by atoms with Crippen LogP contribution in [0.1, 0.15) is 33.6 Å². The van der Waals surface area contributed by atoms with Crippen LogP contribution in [0.3, 0.4) is 0 Å². The van der Waals surface area contributed by atoms with E-state index in [4.69, 9.17) is 4.74 Å². The molecule has 0 N–H and O–H groups in total. The topological polar surface area (TPSA) is 29.5 Å². The lowest BCUT2D eigenvalue weighted by Gasteiger charge is -2.27. The molecule has 1 fully saturated rings. The van der Waals surface area contributed by atoms with E-state index in [1.807, 2.05) is 25.7 Å². The number of hydrogen-bond donors (Lipinski definition) is 0. The molecular weight excluding hydrogens is 293 g/mol. The van der Waals surface area contributed by atoms with Gasteiger partial charge in [0, 0.05) is 17.0 Å². The van der Waals surface area contributed by atoms with Gasteiger partial charge in [-0.05, 0) is 33.6 Å². The summed E-state index contributed by atoms with van der Waals surface area (Å²) in [5.74, 6) is 0. The first-order valence-corrected chi connectivity index (χ1v) is 6.52. The summed E-state index contributed by atoms with van der Waals surface area (Å²) in [6.07, 6.45) is 2.06. The molecule has 3 nitrogen and oxygen atoms in total. The third-order valence-electron chi connectivity index (χ3n) is 2.18. The van der Waals surface area contributed by atoms with Crippen molar-refractivity contribution in [1.82, 2.24) is 4.90 Å². The first-order valence-electron chi connectivity index (χ1n) is 4.99. The standard InChI is InChI=1S/C10H18INO2/c1-10(2,3)14-9(13)12-6-4-5-8(12)7-11/h8H,4-7H2,1-3H3. The molecule has 0 spiro atoms. The summed E-state index contributed by atoms with van der Waals surface area (Å²) >= 11 is 2.33. The highest BCUT2D eigenvalue weighted by molar-refractivity contribution is 14.1. The Bertz CT molecular complexity index is 213. The molecular formula is C10H18INO2. The Morgan fingerprint density at radius 3 is 2.71 bits per heavy atom. The predicted molar refractivity (Wildman–Crippen MR) is 64.8 cm³/mol. The Hall–Kier alpha value is 0. The minimum Gasteiger partial charge on any atom is -0.444 e. The van der Waals surface area contributed by atoms with Crippen LogP contribution >= 0.6 is 22.6 Å². The molecule has 0 radical (unpaired) electrons. The maximum absolute atomic E-state index is 11.7. The molecule has 1 aliphatic rings. The number of rotatable bonds is 1. The summed E-state index contributed by atoms with van der Waals surface area (Å²) in [4.78, 5) is 13.6. The Balaban J connectivity index is 2.52. The van der Waals surface area contributed by atoms with Gasteiger partial charge >= 0.3 is 6.09 Å². The Morgan fingerprint density at radius 2 is 2.21 bits per heavy atom. The number of halogens is 1. The maximum Gasteiger partial charge on any atom is 0.410 e. The van der Waals surface area contributed by atoms with Crippen LogP contribution in [0.4, 0.5) is 4.79 Å². The molecule has 0 aromatic heterocycles. The van der Waals surface area contributed by atoms with Crippen molar-refractivity contribution < 1.29 is 9.53 Å². The fraction of sp³-hybridized carbons (Fsp3) is 0.900. The number of nitrogens with zero attached hydrogens (tertiary/aromatic N) is 1. The van der Waals surface area contributed by atoms with Crippen LogP contribution in [0.2, 0.25) is 0 Å². The molecule has 0 aliphatic carbocycles. The molecule has 0 aromatic rings. The molecule has 1 heterocycles. The quantitative estimate of drug-likeness (QED) is 0.550. The van der Waals surface area contributed by atoms with Crippen molar-refractivity contribution in [3.63, 3.8) is 0 Å². The van der Waals surface area contributed by atoms with Crippen molar-refractivity contribution in [2.24, 2.45) is 0 Å². The zero-order valence-electron chi connectivity index (χ0n) is 9.05. The number of alkyl halides is 1. The van der Waals surface area contributed by atoms with Gasteiger partial charge in [-0.15, -0.1) is 0 Å². The molecule has 0 bridgehead atoms. The lowest BCUT2D eigenvalue weighted by molar-refractivity contribution is 0.0244. The van der Waals surface area contributed by atoms with E-state index in [0.717, 1.165) is 23.8 Å². The van der Waals surface area contributed by atoms with Gasteiger partial charge in [0.25, 0.3) is 0 Å². The highest BCUT2D eigenvalue weighted by atomic mass is 127. The second kappa shape index (κ2) is 4.68. The summed E-state index contributed by atoms with van der Waals surface area (Å²) in [7, 11) is 0. The third kappa shape index (κ3) is 3.29. The van der Waals surface area contributed by atoms with E-state index < -0.39 is 0 Å².